The van der Waals surface area contributed by atoms with Gasteiger partial charge in [-0.2, -0.15) is 0 Å². The highest BCUT2D eigenvalue weighted by atomic mass is 35.5. The van der Waals surface area contributed by atoms with Crippen LogP contribution in [0.25, 0.3) is 0 Å². The highest BCUT2D eigenvalue weighted by molar-refractivity contribution is 6.30. The van der Waals surface area contributed by atoms with E-state index in [9.17, 15) is 9.18 Å². The van der Waals surface area contributed by atoms with Gasteiger partial charge >= 0.3 is 0 Å². The minimum Gasteiger partial charge on any atom is -0.368 e. The average Bonchev–Trinajstić information content (AvgIpc) is 2.70. The van der Waals surface area contributed by atoms with E-state index in [2.05, 4.69) is 10.2 Å². The molecule has 1 N–H and O–H groups in total. The van der Waals surface area contributed by atoms with Crippen LogP contribution >= 0.6 is 11.6 Å². The van der Waals surface area contributed by atoms with Gasteiger partial charge in [-0.25, -0.2) is 4.39 Å². The van der Waals surface area contributed by atoms with Crippen LogP contribution < -0.4 is 10.2 Å². The maximum Gasteiger partial charge on any atom is 0.223 e. The van der Waals surface area contributed by atoms with Gasteiger partial charge in [0.1, 0.15) is 5.82 Å². The topological polar surface area (TPSA) is 35.6 Å². The van der Waals surface area contributed by atoms with Crippen molar-refractivity contribution in [3.8, 4) is 0 Å². The van der Waals surface area contributed by atoms with E-state index in [0.29, 0.717) is 26.1 Å². The summed E-state index contributed by atoms with van der Waals surface area (Å²) in [6.07, 6.45) is 1.43. The number of hydrogen-bond donors (Lipinski definition) is 1. The number of carbonyl (C=O) groups excluding carboxylic acids is 1. The van der Waals surface area contributed by atoms with Crippen LogP contribution in [-0.4, -0.2) is 50.1 Å². The summed E-state index contributed by atoms with van der Waals surface area (Å²) in [5.41, 5.74) is 2.24. The average molecular weight is 390 g/mol. The molecule has 1 fully saturated rings. The summed E-state index contributed by atoms with van der Waals surface area (Å²) in [5.74, 6) is -0.0381. The van der Waals surface area contributed by atoms with E-state index >= 15 is 0 Å². The Morgan fingerprint density at radius 1 is 0.963 bits per heavy atom. The lowest BCUT2D eigenvalue weighted by Gasteiger charge is -2.36. The standard InChI is InChI=1S/C21H25ClFN3O/c22-18-3-1-17(2-4-18)9-11-24-12-10-21(27)26-15-13-25(14-16-26)20-7-5-19(23)6-8-20/h1-8,24H,9-16H2. The number of rotatable bonds is 7. The van der Waals surface area contributed by atoms with Gasteiger partial charge in [-0.05, 0) is 54.9 Å². The molecule has 0 radical (unpaired) electrons. The van der Waals surface area contributed by atoms with Crippen molar-refractivity contribution in [2.75, 3.05) is 44.2 Å². The van der Waals surface area contributed by atoms with E-state index in [0.717, 1.165) is 36.8 Å². The minimum absolute atomic E-state index is 0.188. The number of nitrogens with one attached hydrogen (secondary N) is 1. The zero-order chi connectivity index (χ0) is 19.1. The quantitative estimate of drug-likeness (QED) is 0.738. The van der Waals surface area contributed by atoms with Crippen molar-refractivity contribution in [3.63, 3.8) is 0 Å². The van der Waals surface area contributed by atoms with Crippen molar-refractivity contribution in [1.82, 2.24) is 10.2 Å². The molecule has 1 heterocycles. The molecule has 0 unspecified atom stereocenters. The Morgan fingerprint density at radius 3 is 2.30 bits per heavy atom. The Hall–Kier alpha value is -2.11. The molecule has 1 aliphatic rings. The third-order valence-corrected chi connectivity index (χ3v) is 5.10. The van der Waals surface area contributed by atoms with E-state index in [1.165, 1.54) is 17.7 Å². The first-order valence-corrected chi connectivity index (χ1v) is 9.73. The first kappa shape index (κ1) is 19.6. The molecule has 0 spiro atoms. The van der Waals surface area contributed by atoms with Crippen molar-refractivity contribution in [2.45, 2.75) is 12.8 Å². The second-order valence-corrected chi connectivity index (χ2v) is 7.16. The molecular weight excluding hydrogens is 365 g/mol. The number of amides is 1. The van der Waals surface area contributed by atoms with Crippen molar-refractivity contribution >= 4 is 23.2 Å². The van der Waals surface area contributed by atoms with Crippen LogP contribution in [0.15, 0.2) is 48.5 Å². The largest absolute Gasteiger partial charge is 0.368 e. The van der Waals surface area contributed by atoms with E-state index < -0.39 is 0 Å². The molecule has 144 valence electrons. The van der Waals surface area contributed by atoms with Gasteiger partial charge in [-0.15, -0.1) is 0 Å². The summed E-state index contributed by atoms with van der Waals surface area (Å²) >= 11 is 5.88. The monoisotopic (exact) mass is 389 g/mol. The second kappa shape index (κ2) is 9.72. The Morgan fingerprint density at radius 2 is 1.63 bits per heavy atom. The third kappa shape index (κ3) is 5.94. The molecular formula is C21H25ClFN3O. The smallest absolute Gasteiger partial charge is 0.223 e. The lowest BCUT2D eigenvalue weighted by atomic mass is 10.1. The van der Waals surface area contributed by atoms with Crippen LogP contribution in [0.3, 0.4) is 0 Å². The molecule has 2 aromatic rings. The summed E-state index contributed by atoms with van der Waals surface area (Å²) < 4.78 is 13.0. The lowest BCUT2D eigenvalue weighted by molar-refractivity contribution is -0.131. The van der Waals surface area contributed by atoms with E-state index in [4.69, 9.17) is 11.6 Å². The maximum atomic E-state index is 13.0. The molecule has 0 saturated carbocycles. The molecule has 0 aromatic heterocycles. The third-order valence-electron chi connectivity index (χ3n) is 4.84. The van der Waals surface area contributed by atoms with Gasteiger partial charge in [0, 0.05) is 49.9 Å². The normalized spacial score (nSPS) is 14.4. The molecule has 4 nitrogen and oxygen atoms in total. The van der Waals surface area contributed by atoms with Gasteiger partial charge in [-0.1, -0.05) is 23.7 Å². The van der Waals surface area contributed by atoms with Crippen molar-refractivity contribution in [3.05, 3.63) is 64.9 Å². The Kier molecular flexibility index (Phi) is 7.07. The summed E-state index contributed by atoms with van der Waals surface area (Å²) in [5, 5.41) is 4.08. The van der Waals surface area contributed by atoms with Gasteiger partial charge in [-0.3, -0.25) is 4.79 Å². The molecule has 3 rings (SSSR count). The van der Waals surface area contributed by atoms with Gasteiger partial charge in [0.05, 0.1) is 0 Å². The summed E-state index contributed by atoms with van der Waals surface area (Å²) in [6.45, 7) is 4.50. The zero-order valence-corrected chi connectivity index (χ0v) is 16.1. The molecule has 0 aliphatic carbocycles. The zero-order valence-electron chi connectivity index (χ0n) is 15.3. The van der Waals surface area contributed by atoms with Gasteiger partial charge in [0.25, 0.3) is 0 Å². The molecule has 0 bridgehead atoms. The number of nitrogens with zero attached hydrogens (tertiary/aromatic N) is 2. The number of carbonyl (C=O) groups is 1. The van der Waals surface area contributed by atoms with Crippen LogP contribution in [0, 0.1) is 5.82 Å². The molecule has 1 amide bonds. The van der Waals surface area contributed by atoms with Crippen molar-refractivity contribution < 1.29 is 9.18 Å². The fourth-order valence-electron chi connectivity index (χ4n) is 3.23. The van der Waals surface area contributed by atoms with Crippen LogP contribution in [0.1, 0.15) is 12.0 Å². The molecule has 1 aliphatic heterocycles. The fraction of sp³-hybridized carbons (Fsp3) is 0.381. The number of benzene rings is 2. The number of hydrogen-bond acceptors (Lipinski definition) is 3. The Balaban J connectivity index is 1.32. The molecule has 0 atom stereocenters. The van der Waals surface area contributed by atoms with E-state index in [-0.39, 0.29) is 11.7 Å². The first-order valence-electron chi connectivity index (χ1n) is 9.35. The fourth-order valence-corrected chi connectivity index (χ4v) is 3.35. The summed E-state index contributed by atoms with van der Waals surface area (Å²) in [6, 6.07) is 14.4. The molecule has 2 aromatic carbocycles. The van der Waals surface area contributed by atoms with E-state index in [1.54, 1.807) is 12.1 Å². The van der Waals surface area contributed by atoms with Gasteiger partial charge in [0.2, 0.25) is 5.91 Å². The summed E-state index contributed by atoms with van der Waals surface area (Å²) in [7, 11) is 0. The summed E-state index contributed by atoms with van der Waals surface area (Å²) in [4.78, 5) is 16.5. The second-order valence-electron chi connectivity index (χ2n) is 6.72. The first-order chi connectivity index (χ1) is 13.1. The number of anilines is 1. The number of halogens is 2. The Labute approximate surface area is 164 Å². The van der Waals surface area contributed by atoms with Crippen LogP contribution in [0.4, 0.5) is 10.1 Å². The SMILES string of the molecule is O=C(CCNCCc1ccc(Cl)cc1)N1CCN(c2ccc(F)cc2)CC1. The molecule has 27 heavy (non-hydrogen) atoms. The number of piperazine rings is 1. The van der Waals surface area contributed by atoms with Crippen LogP contribution in [0.5, 0.6) is 0 Å². The van der Waals surface area contributed by atoms with Crippen LogP contribution in [0.2, 0.25) is 5.02 Å². The Bertz CT molecular complexity index is 728. The van der Waals surface area contributed by atoms with Gasteiger partial charge < -0.3 is 15.1 Å². The molecule has 1 saturated heterocycles. The van der Waals surface area contributed by atoms with E-state index in [1.807, 2.05) is 29.2 Å². The van der Waals surface area contributed by atoms with Crippen molar-refractivity contribution in [1.29, 1.82) is 0 Å². The predicted molar refractivity (Wildman–Crippen MR) is 108 cm³/mol. The predicted octanol–water partition coefficient (Wildman–Crippen LogP) is 3.35. The molecule has 6 heteroatoms. The lowest BCUT2D eigenvalue weighted by Crippen LogP contribution is -2.49. The highest BCUT2D eigenvalue weighted by Crippen LogP contribution is 2.17. The van der Waals surface area contributed by atoms with Gasteiger partial charge in [0.15, 0.2) is 0 Å². The van der Waals surface area contributed by atoms with Crippen molar-refractivity contribution in [2.24, 2.45) is 0 Å². The highest BCUT2D eigenvalue weighted by Gasteiger charge is 2.20. The van der Waals surface area contributed by atoms with Crippen LogP contribution in [-0.2, 0) is 11.2 Å². The maximum absolute atomic E-state index is 13.0. The minimum atomic E-state index is -0.226.